The second-order valence-corrected chi connectivity index (χ2v) is 9.26. The van der Waals surface area contributed by atoms with Gasteiger partial charge in [0.05, 0.1) is 18.2 Å². The van der Waals surface area contributed by atoms with Crippen LogP contribution in [-0.2, 0) is 16.1 Å². The smallest absolute Gasteiger partial charge is 0.258 e. The molecule has 0 N–H and O–H groups in total. The van der Waals surface area contributed by atoms with E-state index in [2.05, 4.69) is 9.88 Å². The number of hydrogen-bond donors (Lipinski definition) is 0. The Bertz CT molecular complexity index is 1290. The fourth-order valence-corrected chi connectivity index (χ4v) is 5.30. The summed E-state index contributed by atoms with van der Waals surface area (Å²) in [6.07, 6.45) is 5.69. The molecule has 2 aliphatic heterocycles. The topological polar surface area (TPSA) is 78.2 Å². The zero-order valence-corrected chi connectivity index (χ0v) is 19.2. The number of rotatable bonds is 4. The fraction of sp³-hybridized carbons (Fsp3) is 0.333. The average Bonchev–Trinajstić information content (AvgIpc) is 3.29. The molecule has 1 saturated heterocycles. The normalized spacial score (nSPS) is 18.5. The number of amides is 2. The van der Waals surface area contributed by atoms with Crippen LogP contribution in [0.1, 0.15) is 36.2 Å². The molecule has 0 aliphatic carbocycles. The van der Waals surface area contributed by atoms with Crippen molar-refractivity contribution in [2.75, 3.05) is 26.2 Å². The Morgan fingerprint density at radius 1 is 1.15 bits per heavy atom. The summed E-state index contributed by atoms with van der Waals surface area (Å²) in [5.41, 5.74) is 2.74. The number of nitrogens with zero attached hydrogens (tertiary/aromatic N) is 5. The second kappa shape index (κ2) is 8.92. The van der Waals surface area contributed by atoms with Crippen molar-refractivity contribution >= 4 is 34.2 Å². The Balaban J connectivity index is 1.22. The van der Waals surface area contributed by atoms with Gasteiger partial charge in [-0.05, 0) is 17.2 Å². The lowest BCUT2D eigenvalue weighted by atomic mass is 9.93. The zero-order chi connectivity index (χ0) is 22.9. The predicted molar refractivity (Wildman–Crippen MR) is 127 cm³/mol. The first-order valence-electron chi connectivity index (χ1n) is 11.0. The van der Waals surface area contributed by atoms with Crippen molar-refractivity contribution < 1.29 is 9.59 Å². The molecule has 8 nitrogen and oxygen atoms in total. The van der Waals surface area contributed by atoms with E-state index in [9.17, 15) is 14.4 Å². The number of hydrogen-bond acceptors (Lipinski definition) is 6. The molecule has 5 rings (SSSR count). The molecule has 2 amide bonds. The van der Waals surface area contributed by atoms with Crippen LogP contribution >= 0.6 is 11.3 Å². The summed E-state index contributed by atoms with van der Waals surface area (Å²) in [7, 11) is 0. The SMILES string of the molecule is CC(=O)N1C=Cc2ccccc2[C@H]1CC(=O)N1CCN(Cc2cc(=O)n3ccsc3n2)CC1. The summed E-state index contributed by atoms with van der Waals surface area (Å²) < 4.78 is 1.55. The summed E-state index contributed by atoms with van der Waals surface area (Å²) in [5.74, 6) is -0.0261. The molecule has 2 aliphatic rings. The van der Waals surface area contributed by atoms with Gasteiger partial charge in [-0.15, -0.1) is 11.3 Å². The molecular weight excluding hydrogens is 438 g/mol. The van der Waals surface area contributed by atoms with Gasteiger partial charge in [-0.3, -0.25) is 23.7 Å². The molecule has 1 aromatic carbocycles. The van der Waals surface area contributed by atoms with Crippen molar-refractivity contribution in [3.63, 3.8) is 0 Å². The summed E-state index contributed by atoms with van der Waals surface area (Å²) in [4.78, 5) is 48.6. The summed E-state index contributed by atoms with van der Waals surface area (Å²) >= 11 is 1.44. The third kappa shape index (κ3) is 4.34. The molecular formula is C24H25N5O3S. The first-order chi connectivity index (χ1) is 16.0. The van der Waals surface area contributed by atoms with Crippen LogP contribution in [0.15, 0.2) is 52.9 Å². The molecule has 3 aromatic rings. The molecule has 1 fully saturated rings. The van der Waals surface area contributed by atoms with E-state index in [0.717, 1.165) is 29.9 Å². The standard InChI is InChI=1S/C24H25N5O3S/c1-17(30)28-7-6-18-4-2-3-5-20(18)21(28)15-22(31)27-10-8-26(9-11-27)16-19-14-23(32)29-12-13-33-24(29)25-19/h2-7,12-14,21H,8-11,15-16H2,1H3/t21-/m1/s1. The van der Waals surface area contributed by atoms with Crippen LogP contribution in [0.5, 0.6) is 0 Å². The third-order valence-corrected chi connectivity index (χ3v) is 7.06. The van der Waals surface area contributed by atoms with E-state index in [1.807, 2.05) is 40.6 Å². The van der Waals surface area contributed by atoms with Gasteiger partial charge in [-0.1, -0.05) is 24.3 Å². The van der Waals surface area contributed by atoms with Gasteiger partial charge < -0.3 is 9.80 Å². The van der Waals surface area contributed by atoms with Crippen LogP contribution in [0, 0.1) is 0 Å². The molecule has 9 heteroatoms. The van der Waals surface area contributed by atoms with Gasteiger partial charge in [0.2, 0.25) is 11.8 Å². The lowest BCUT2D eigenvalue weighted by Crippen LogP contribution is -2.49. The number of thiazole rings is 1. The highest BCUT2D eigenvalue weighted by Crippen LogP contribution is 2.33. The van der Waals surface area contributed by atoms with Crippen LogP contribution in [0.2, 0.25) is 0 Å². The minimum absolute atomic E-state index is 0.0485. The number of aromatic nitrogens is 2. The molecule has 170 valence electrons. The van der Waals surface area contributed by atoms with E-state index in [0.29, 0.717) is 24.6 Å². The fourth-order valence-electron chi connectivity index (χ4n) is 4.56. The van der Waals surface area contributed by atoms with Crippen molar-refractivity contribution in [3.8, 4) is 0 Å². The maximum absolute atomic E-state index is 13.2. The van der Waals surface area contributed by atoms with Gasteiger partial charge >= 0.3 is 0 Å². The quantitative estimate of drug-likeness (QED) is 0.594. The second-order valence-electron chi connectivity index (χ2n) is 8.39. The number of piperazine rings is 1. The molecule has 0 unspecified atom stereocenters. The number of carbonyl (C=O) groups is 2. The Labute approximate surface area is 195 Å². The van der Waals surface area contributed by atoms with Crippen molar-refractivity contribution in [2.45, 2.75) is 25.9 Å². The molecule has 33 heavy (non-hydrogen) atoms. The zero-order valence-electron chi connectivity index (χ0n) is 18.4. The van der Waals surface area contributed by atoms with Crippen LogP contribution < -0.4 is 5.56 Å². The number of fused-ring (bicyclic) bond motifs is 2. The van der Waals surface area contributed by atoms with Crippen molar-refractivity contribution in [1.82, 2.24) is 24.1 Å². The molecule has 4 heterocycles. The minimum atomic E-state index is -0.288. The first-order valence-corrected chi connectivity index (χ1v) is 11.9. The van der Waals surface area contributed by atoms with Gasteiger partial charge in [-0.25, -0.2) is 4.98 Å². The van der Waals surface area contributed by atoms with Crippen LogP contribution in [-0.4, -0.2) is 62.1 Å². The minimum Gasteiger partial charge on any atom is -0.340 e. The first kappa shape index (κ1) is 21.5. The molecule has 0 radical (unpaired) electrons. The third-order valence-electron chi connectivity index (χ3n) is 6.30. The molecule has 1 atom stereocenters. The Hall–Kier alpha value is -3.30. The van der Waals surface area contributed by atoms with Crippen molar-refractivity contribution in [1.29, 1.82) is 0 Å². The maximum atomic E-state index is 13.2. The molecule has 0 saturated carbocycles. The van der Waals surface area contributed by atoms with E-state index >= 15 is 0 Å². The average molecular weight is 464 g/mol. The lowest BCUT2D eigenvalue weighted by molar-refractivity contribution is -0.136. The van der Waals surface area contributed by atoms with Gasteiger partial charge in [0.1, 0.15) is 0 Å². The summed E-state index contributed by atoms with van der Waals surface area (Å²) in [5, 5.41) is 1.85. The highest BCUT2D eigenvalue weighted by atomic mass is 32.1. The number of benzene rings is 1. The monoisotopic (exact) mass is 463 g/mol. The maximum Gasteiger partial charge on any atom is 0.258 e. The van der Waals surface area contributed by atoms with Crippen molar-refractivity contribution in [2.24, 2.45) is 0 Å². The molecule has 2 aromatic heterocycles. The summed E-state index contributed by atoms with van der Waals surface area (Å²) in [6, 6.07) is 9.20. The molecule has 0 bridgehead atoms. The van der Waals surface area contributed by atoms with E-state index in [1.54, 1.807) is 27.8 Å². The molecule has 0 spiro atoms. The van der Waals surface area contributed by atoms with Crippen LogP contribution in [0.4, 0.5) is 0 Å². The highest BCUT2D eigenvalue weighted by molar-refractivity contribution is 7.15. The Kier molecular flexibility index (Phi) is 5.82. The van der Waals surface area contributed by atoms with Gasteiger partial charge in [0.25, 0.3) is 5.56 Å². The van der Waals surface area contributed by atoms with Gasteiger partial charge in [0, 0.05) is 63.5 Å². The van der Waals surface area contributed by atoms with Crippen molar-refractivity contribution in [3.05, 3.63) is 75.3 Å². The van der Waals surface area contributed by atoms with Crippen LogP contribution in [0.3, 0.4) is 0 Å². The Morgan fingerprint density at radius 2 is 1.94 bits per heavy atom. The van der Waals surface area contributed by atoms with Crippen LogP contribution in [0.25, 0.3) is 11.0 Å². The number of carbonyl (C=O) groups excluding carboxylic acids is 2. The van der Waals surface area contributed by atoms with Gasteiger partial charge in [0.15, 0.2) is 4.96 Å². The van der Waals surface area contributed by atoms with E-state index < -0.39 is 0 Å². The Morgan fingerprint density at radius 3 is 2.73 bits per heavy atom. The van der Waals surface area contributed by atoms with Gasteiger partial charge in [-0.2, -0.15) is 0 Å². The van der Waals surface area contributed by atoms with E-state index in [1.165, 1.54) is 18.3 Å². The predicted octanol–water partition coefficient (Wildman–Crippen LogP) is 2.36. The van der Waals surface area contributed by atoms with E-state index in [4.69, 9.17) is 0 Å². The highest BCUT2D eigenvalue weighted by Gasteiger charge is 2.31. The largest absolute Gasteiger partial charge is 0.340 e. The van der Waals surface area contributed by atoms with E-state index in [-0.39, 0.29) is 29.8 Å². The summed E-state index contributed by atoms with van der Waals surface area (Å²) in [6.45, 7) is 4.78. The lowest BCUT2D eigenvalue weighted by Gasteiger charge is -2.37.